The molecule has 0 unspecified atom stereocenters. The Morgan fingerprint density at radius 2 is 1.86 bits per heavy atom. The molecule has 0 atom stereocenters. The van der Waals surface area contributed by atoms with Crippen LogP contribution in [0.2, 0.25) is 0 Å². The van der Waals surface area contributed by atoms with Gasteiger partial charge in [0.05, 0.1) is 17.7 Å². The molecule has 2 aromatic carbocycles. The van der Waals surface area contributed by atoms with Gasteiger partial charge in [-0.1, -0.05) is 48.4 Å². The number of ketones is 1. The van der Waals surface area contributed by atoms with Gasteiger partial charge >= 0.3 is 0 Å². The molecule has 1 aliphatic carbocycles. The van der Waals surface area contributed by atoms with Crippen LogP contribution in [-0.4, -0.2) is 15.9 Å². The van der Waals surface area contributed by atoms with Crippen LogP contribution in [0.5, 0.6) is 0 Å². The maximum atomic E-state index is 13.1. The van der Waals surface area contributed by atoms with E-state index in [1.807, 2.05) is 37.3 Å². The molecule has 0 aliphatic heterocycles. The first-order valence-corrected chi connectivity index (χ1v) is 9.97. The van der Waals surface area contributed by atoms with Gasteiger partial charge in [0.2, 0.25) is 0 Å². The quantitative estimate of drug-likeness (QED) is 0.651. The maximum absolute atomic E-state index is 13.1. The van der Waals surface area contributed by atoms with Gasteiger partial charge in [0, 0.05) is 18.2 Å². The zero-order valence-corrected chi connectivity index (χ0v) is 16.5. The highest BCUT2D eigenvalue weighted by Gasteiger charge is 2.46. The fourth-order valence-corrected chi connectivity index (χ4v) is 4.14. The van der Waals surface area contributed by atoms with Gasteiger partial charge in [-0.3, -0.25) is 9.78 Å². The Bertz CT molecular complexity index is 1020. The van der Waals surface area contributed by atoms with E-state index >= 15 is 0 Å². The Balaban J connectivity index is 1.60. The zero-order valence-electron chi connectivity index (χ0n) is 16.5. The molecule has 4 heteroatoms. The summed E-state index contributed by atoms with van der Waals surface area (Å²) in [4.78, 5) is 17.8. The topological polar surface area (TPSA) is 50.2 Å². The molecule has 0 amide bonds. The number of hydrogen-bond acceptors (Lipinski definition) is 3. The lowest BCUT2D eigenvalue weighted by Crippen LogP contribution is -2.44. The number of pyridine rings is 1. The highest BCUT2D eigenvalue weighted by atomic mass is 19.1. The molecule has 3 nitrogen and oxygen atoms in total. The average Bonchev–Trinajstić information content (AvgIpc) is 2.69. The average molecular weight is 389 g/mol. The number of nitrogens with zero attached hydrogens (tertiary/aromatic N) is 1. The summed E-state index contributed by atoms with van der Waals surface area (Å²) in [5, 5.41) is 9.68. The summed E-state index contributed by atoms with van der Waals surface area (Å²) in [7, 11) is 0. The molecule has 3 aromatic rings. The van der Waals surface area contributed by atoms with Gasteiger partial charge < -0.3 is 5.11 Å². The number of aryl methyl sites for hydroxylation is 1. The number of rotatable bonds is 6. The molecule has 1 aromatic heterocycles. The van der Waals surface area contributed by atoms with Crippen molar-refractivity contribution in [3.05, 3.63) is 89.0 Å². The molecule has 1 N–H and O–H groups in total. The van der Waals surface area contributed by atoms with Crippen LogP contribution in [0.4, 0.5) is 4.39 Å². The van der Waals surface area contributed by atoms with Crippen LogP contribution in [0.15, 0.2) is 60.8 Å². The van der Waals surface area contributed by atoms with E-state index < -0.39 is 5.41 Å². The third-order valence-corrected chi connectivity index (χ3v) is 6.01. The minimum atomic E-state index is -0.542. The smallest absolute Gasteiger partial charge is 0.149 e. The Labute approximate surface area is 170 Å². The molecule has 0 bridgehead atoms. The molecule has 148 valence electrons. The lowest BCUT2D eigenvalue weighted by atomic mass is 9.62. The molecular formula is C25H24FNO2. The fourth-order valence-electron chi connectivity index (χ4n) is 4.14. The minimum Gasteiger partial charge on any atom is -0.392 e. The summed E-state index contributed by atoms with van der Waals surface area (Å²) in [6, 6.07) is 16.0. The predicted octanol–water partition coefficient (Wildman–Crippen LogP) is 4.92. The number of carbonyl (C=O) groups is 1. The van der Waals surface area contributed by atoms with Gasteiger partial charge in [0.15, 0.2) is 0 Å². The summed E-state index contributed by atoms with van der Waals surface area (Å²) in [6.07, 6.45) is 4.68. The molecule has 0 saturated heterocycles. The van der Waals surface area contributed by atoms with E-state index in [-0.39, 0.29) is 24.6 Å². The number of Topliss-reactive ketones (excluding diaryl/α,β-unsaturated/α-hetero) is 1. The van der Waals surface area contributed by atoms with Gasteiger partial charge in [-0.05, 0) is 54.7 Å². The Morgan fingerprint density at radius 1 is 1.10 bits per heavy atom. The second-order valence-electron chi connectivity index (χ2n) is 7.91. The lowest BCUT2D eigenvalue weighted by molar-refractivity contribution is -0.127. The van der Waals surface area contributed by atoms with Crippen molar-refractivity contribution in [3.63, 3.8) is 0 Å². The van der Waals surface area contributed by atoms with Crippen LogP contribution in [0, 0.1) is 12.7 Å². The number of hydrogen-bond donors (Lipinski definition) is 1. The van der Waals surface area contributed by atoms with Crippen molar-refractivity contribution in [2.24, 2.45) is 0 Å². The summed E-state index contributed by atoms with van der Waals surface area (Å²) in [5.74, 6) is -0.155. The summed E-state index contributed by atoms with van der Waals surface area (Å²) >= 11 is 0. The van der Waals surface area contributed by atoms with E-state index in [2.05, 4.69) is 4.98 Å². The van der Waals surface area contributed by atoms with Crippen LogP contribution in [0.25, 0.3) is 11.1 Å². The molecular weight excluding hydrogens is 365 g/mol. The van der Waals surface area contributed by atoms with Gasteiger partial charge in [-0.15, -0.1) is 0 Å². The number of aromatic nitrogens is 1. The van der Waals surface area contributed by atoms with E-state index in [1.54, 1.807) is 18.3 Å². The second kappa shape index (κ2) is 7.88. The third kappa shape index (κ3) is 3.73. The molecule has 1 fully saturated rings. The molecule has 0 spiro atoms. The fraction of sp³-hybridized carbons (Fsp3) is 0.280. The van der Waals surface area contributed by atoms with Crippen molar-refractivity contribution in [3.8, 4) is 11.1 Å². The van der Waals surface area contributed by atoms with E-state index in [0.717, 1.165) is 52.8 Å². The first kappa shape index (κ1) is 19.5. The van der Waals surface area contributed by atoms with Gasteiger partial charge in [-0.25, -0.2) is 4.39 Å². The van der Waals surface area contributed by atoms with E-state index in [0.29, 0.717) is 0 Å². The summed E-state index contributed by atoms with van der Waals surface area (Å²) in [6.45, 7) is 1.97. The lowest BCUT2D eigenvalue weighted by Gasteiger charge is -2.40. The summed E-state index contributed by atoms with van der Waals surface area (Å²) in [5.41, 5.74) is 4.94. The standard InChI is InChI=1S/C25H24FNO2/c1-17-3-9-22(20(13-17)16-28)19-6-10-23(27-15-19)25(11-2-12-25)24(29)14-18-4-7-21(26)8-5-18/h3-10,13,15,28H,2,11-12,14,16H2,1H3. The predicted molar refractivity (Wildman–Crippen MR) is 111 cm³/mol. The first-order valence-electron chi connectivity index (χ1n) is 9.97. The van der Waals surface area contributed by atoms with Crippen molar-refractivity contribution in [2.75, 3.05) is 0 Å². The van der Waals surface area contributed by atoms with Crippen LogP contribution < -0.4 is 0 Å². The molecule has 1 heterocycles. The van der Waals surface area contributed by atoms with Crippen LogP contribution >= 0.6 is 0 Å². The van der Waals surface area contributed by atoms with E-state index in [4.69, 9.17) is 0 Å². The van der Waals surface area contributed by atoms with Crippen LogP contribution in [0.1, 0.15) is 41.6 Å². The van der Waals surface area contributed by atoms with Crippen molar-refractivity contribution in [2.45, 2.75) is 44.6 Å². The van der Waals surface area contributed by atoms with Crippen molar-refractivity contribution in [1.29, 1.82) is 0 Å². The van der Waals surface area contributed by atoms with Crippen molar-refractivity contribution >= 4 is 5.78 Å². The maximum Gasteiger partial charge on any atom is 0.149 e. The first-order chi connectivity index (χ1) is 14.0. The molecule has 1 aliphatic rings. The minimum absolute atomic E-state index is 0.0289. The van der Waals surface area contributed by atoms with Crippen LogP contribution in [0.3, 0.4) is 0 Å². The monoisotopic (exact) mass is 389 g/mol. The largest absolute Gasteiger partial charge is 0.392 e. The number of aliphatic hydroxyl groups excluding tert-OH is 1. The number of carbonyl (C=O) groups excluding carboxylic acids is 1. The summed E-state index contributed by atoms with van der Waals surface area (Å²) < 4.78 is 13.1. The Kier molecular flexibility index (Phi) is 5.29. The van der Waals surface area contributed by atoms with Crippen molar-refractivity contribution < 1.29 is 14.3 Å². The van der Waals surface area contributed by atoms with E-state index in [1.165, 1.54) is 12.1 Å². The highest BCUT2D eigenvalue weighted by Crippen LogP contribution is 2.44. The second-order valence-corrected chi connectivity index (χ2v) is 7.91. The van der Waals surface area contributed by atoms with Crippen molar-refractivity contribution in [1.82, 2.24) is 4.98 Å². The third-order valence-electron chi connectivity index (χ3n) is 6.01. The van der Waals surface area contributed by atoms with Gasteiger partial charge in [0.25, 0.3) is 0 Å². The molecule has 1 saturated carbocycles. The number of benzene rings is 2. The zero-order chi connectivity index (χ0) is 20.4. The SMILES string of the molecule is Cc1ccc(-c2ccc(C3(C(=O)Cc4ccc(F)cc4)CCC3)nc2)c(CO)c1. The van der Waals surface area contributed by atoms with E-state index in [9.17, 15) is 14.3 Å². The van der Waals surface area contributed by atoms with Crippen LogP contribution in [-0.2, 0) is 23.2 Å². The Hall–Kier alpha value is -2.85. The van der Waals surface area contributed by atoms with Gasteiger partial charge in [-0.2, -0.15) is 0 Å². The number of aliphatic hydroxyl groups is 1. The number of halogens is 1. The normalized spacial score (nSPS) is 15.0. The Morgan fingerprint density at radius 3 is 2.45 bits per heavy atom. The van der Waals surface area contributed by atoms with Gasteiger partial charge in [0.1, 0.15) is 11.6 Å². The highest BCUT2D eigenvalue weighted by molar-refractivity contribution is 5.92. The molecule has 29 heavy (non-hydrogen) atoms. The molecule has 4 rings (SSSR count). The molecule has 0 radical (unpaired) electrons.